The van der Waals surface area contributed by atoms with Crippen molar-refractivity contribution in [1.29, 1.82) is 0 Å². The average Bonchev–Trinajstić information content (AvgIpc) is 3.21. The maximum absolute atomic E-state index is 15.0. The Morgan fingerprint density at radius 1 is 1.23 bits per heavy atom. The number of hydrogen-bond acceptors (Lipinski definition) is 5. The number of hydrogen-bond donors (Lipinski definition) is 2. The molecule has 3 rings (SSSR count). The number of aryl methyl sites for hydroxylation is 1. The first-order valence-corrected chi connectivity index (χ1v) is 10.3. The van der Waals surface area contributed by atoms with Crippen molar-refractivity contribution < 1.29 is 45.8 Å². The number of anilines is 1. The number of rotatable bonds is 7. The molecule has 3 aromatic rings. The van der Waals surface area contributed by atoms with Gasteiger partial charge < -0.3 is 19.6 Å². The first-order chi connectivity index (χ1) is 16.3. The summed E-state index contributed by atoms with van der Waals surface area (Å²) in [4.78, 5) is 27.8. The molecule has 0 saturated heterocycles. The summed E-state index contributed by atoms with van der Waals surface area (Å²) in [5.74, 6) is -6.22. The lowest BCUT2D eigenvalue weighted by molar-refractivity contribution is -0.189. The van der Waals surface area contributed by atoms with Gasteiger partial charge in [-0.25, -0.2) is 18.6 Å². The summed E-state index contributed by atoms with van der Waals surface area (Å²) in [6, 6.07) is 4.73. The van der Waals surface area contributed by atoms with Crippen LogP contribution in [-0.4, -0.2) is 34.2 Å². The predicted octanol–water partition coefficient (Wildman–Crippen LogP) is 6.12. The lowest BCUT2D eigenvalue weighted by Crippen LogP contribution is -2.32. The van der Waals surface area contributed by atoms with Crippen LogP contribution in [0.25, 0.3) is 11.5 Å². The first kappa shape index (κ1) is 25.9. The summed E-state index contributed by atoms with van der Waals surface area (Å²) in [7, 11) is 0. The standard InChI is InChI=1S/C22H16ClF5N2O5/c1-3-15-18(21(32)33)30-20(35-15)10-8-16(34-9(2)22(26,27)28)11(7-14(10)25)19(31)29-17-12(23)5-4-6-13(17)24/h4-9H,3H2,1-2H3,(H,29,31)(H,32,33). The fourth-order valence-corrected chi connectivity index (χ4v) is 3.13. The third-order valence-electron chi connectivity index (χ3n) is 4.73. The lowest BCUT2D eigenvalue weighted by Gasteiger charge is -2.20. The molecule has 0 aliphatic carbocycles. The lowest BCUT2D eigenvalue weighted by atomic mass is 10.1. The van der Waals surface area contributed by atoms with Crippen LogP contribution >= 0.6 is 11.6 Å². The van der Waals surface area contributed by atoms with E-state index in [2.05, 4.69) is 10.3 Å². The zero-order valence-corrected chi connectivity index (χ0v) is 18.7. The van der Waals surface area contributed by atoms with E-state index in [0.717, 1.165) is 6.07 Å². The molecule has 1 aromatic heterocycles. The largest absolute Gasteiger partial charge is 0.480 e. The molecule has 0 spiro atoms. The Hall–Kier alpha value is -3.67. The Bertz CT molecular complexity index is 1270. The zero-order chi connectivity index (χ0) is 26.1. The summed E-state index contributed by atoms with van der Waals surface area (Å²) in [6.45, 7) is 2.20. The summed E-state index contributed by atoms with van der Waals surface area (Å²) >= 11 is 5.86. The molecule has 0 aliphatic rings. The van der Waals surface area contributed by atoms with Crippen LogP contribution in [0.3, 0.4) is 0 Å². The van der Waals surface area contributed by atoms with E-state index in [4.69, 9.17) is 20.8 Å². The van der Waals surface area contributed by atoms with Crippen LogP contribution in [0, 0.1) is 11.6 Å². The van der Waals surface area contributed by atoms with Gasteiger partial charge in [-0.05, 0) is 31.2 Å². The van der Waals surface area contributed by atoms with Gasteiger partial charge in [0, 0.05) is 6.42 Å². The van der Waals surface area contributed by atoms with Crippen molar-refractivity contribution in [3.05, 3.63) is 64.0 Å². The molecule has 0 aliphatic heterocycles. The number of nitrogens with one attached hydrogen (secondary N) is 1. The number of carbonyl (C=O) groups excluding carboxylic acids is 1. The van der Waals surface area contributed by atoms with Crippen molar-refractivity contribution in [2.45, 2.75) is 32.5 Å². The van der Waals surface area contributed by atoms with Crippen molar-refractivity contribution in [2.24, 2.45) is 0 Å². The van der Waals surface area contributed by atoms with Gasteiger partial charge in [-0.3, -0.25) is 4.79 Å². The van der Waals surface area contributed by atoms with E-state index in [1.54, 1.807) is 6.92 Å². The molecule has 0 fully saturated rings. The monoisotopic (exact) mass is 518 g/mol. The van der Waals surface area contributed by atoms with Crippen molar-refractivity contribution in [1.82, 2.24) is 4.98 Å². The number of aromatic carboxylic acids is 1. The highest BCUT2D eigenvalue weighted by atomic mass is 35.5. The van der Waals surface area contributed by atoms with Gasteiger partial charge in [-0.15, -0.1) is 0 Å². The van der Waals surface area contributed by atoms with Crippen molar-refractivity contribution in [3.63, 3.8) is 0 Å². The fourth-order valence-electron chi connectivity index (χ4n) is 2.92. The van der Waals surface area contributed by atoms with Crippen LogP contribution < -0.4 is 10.1 Å². The quantitative estimate of drug-likeness (QED) is 0.366. The van der Waals surface area contributed by atoms with E-state index in [-0.39, 0.29) is 17.2 Å². The van der Waals surface area contributed by atoms with E-state index in [1.165, 1.54) is 12.1 Å². The van der Waals surface area contributed by atoms with Crippen LogP contribution in [0.2, 0.25) is 5.02 Å². The van der Waals surface area contributed by atoms with Gasteiger partial charge in [-0.2, -0.15) is 13.2 Å². The Kier molecular flexibility index (Phi) is 7.34. The highest BCUT2D eigenvalue weighted by molar-refractivity contribution is 6.34. The summed E-state index contributed by atoms with van der Waals surface area (Å²) < 4.78 is 78.7. The van der Waals surface area contributed by atoms with Gasteiger partial charge in [0.1, 0.15) is 23.1 Å². The summed E-state index contributed by atoms with van der Waals surface area (Å²) in [5.41, 5.74) is -2.27. The number of nitrogens with zero attached hydrogens (tertiary/aromatic N) is 1. The molecule has 1 atom stereocenters. The van der Waals surface area contributed by atoms with E-state index >= 15 is 0 Å². The molecule has 2 aromatic carbocycles. The minimum atomic E-state index is -4.86. The van der Waals surface area contributed by atoms with Crippen molar-refractivity contribution in [2.75, 3.05) is 5.32 Å². The summed E-state index contributed by atoms with van der Waals surface area (Å²) in [6.07, 6.45) is -7.21. The minimum Gasteiger partial charge on any atom is -0.480 e. The number of halogens is 6. The number of oxazole rings is 1. The molecule has 0 saturated carbocycles. The molecule has 0 radical (unpaired) electrons. The predicted molar refractivity (Wildman–Crippen MR) is 114 cm³/mol. The topological polar surface area (TPSA) is 102 Å². The van der Waals surface area contributed by atoms with Crippen LogP contribution in [0.15, 0.2) is 34.7 Å². The highest BCUT2D eigenvalue weighted by Crippen LogP contribution is 2.35. The number of aromatic nitrogens is 1. The minimum absolute atomic E-state index is 0.0780. The molecule has 1 amide bonds. The number of benzene rings is 2. The van der Waals surface area contributed by atoms with Gasteiger partial charge in [0.15, 0.2) is 11.8 Å². The van der Waals surface area contributed by atoms with Crippen molar-refractivity contribution in [3.8, 4) is 17.2 Å². The zero-order valence-electron chi connectivity index (χ0n) is 18.0. The molecule has 13 heteroatoms. The van der Waals surface area contributed by atoms with Gasteiger partial charge in [0.2, 0.25) is 5.89 Å². The second-order valence-electron chi connectivity index (χ2n) is 7.13. The number of alkyl halides is 3. The molecule has 1 heterocycles. The third kappa shape index (κ3) is 5.53. The molecule has 35 heavy (non-hydrogen) atoms. The fraction of sp³-hybridized carbons (Fsp3) is 0.227. The molecule has 2 N–H and O–H groups in total. The van der Waals surface area contributed by atoms with E-state index in [9.17, 15) is 36.6 Å². The number of ether oxygens (including phenoxy) is 1. The maximum Gasteiger partial charge on any atom is 0.425 e. The number of para-hydroxylation sites is 1. The molecule has 0 bridgehead atoms. The highest BCUT2D eigenvalue weighted by Gasteiger charge is 2.39. The number of carbonyl (C=O) groups is 2. The van der Waals surface area contributed by atoms with Crippen LogP contribution in [0.5, 0.6) is 5.75 Å². The van der Waals surface area contributed by atoms with E-state index in [1.807, 2.05) is 0 Å². The number of carboxylic acid groups (broad SMARTS) is 1. The Morgan fingerprint density at radius 3 is 2.46 bits per heavy atom. The molecule has 7 nitrogen and oxygen atoms in total. The Morgan fingerprint density at radius 2 is 1.91 bits per heavy atom. The van der Waals surface area contributed by atoms with Gasteiger partial charge in [-0.1, -0.05) is 24.6 Å². The Balaban J connectivity index is 2.12. The Labute approximate surface area is 199 Å². The van der Waals surface area contributed by atoms with Crippen LogP contribution in [0.4, 0.5) is 27.6 Å². The first-order valence-electron chi connectivity index (χ1n) is 9.89. The average molecular weight is 519 g/mol. The van der Waals surface area contributed by atoms with Crippen LogP contribution in [-0.2, 0) is 6.42 Å². The maximum atomic E-state index is 15.0. The van der Waals surface area contributed by atoms with Crippen molar-refractivity contribution >= 4 is 29.2 Å². The van der Waals surface area contributed by atoms with Gasteiger partial charge in [0.25, 0.3) is 5.91 Å². The number of amides is 1. The second kappa shape index (κ2) is 9.90. The molecular weight excluding hydrogens is 503 g/mol. The second-order valence-corrected chi connectivity index (χ2v) is 7.54. The smallest absolute Gasteiger partial charge is 0.425 e. The number of carboxylic acids is 1. The van der Waals surface area contributed by atoms with Crippen LogP contribution in [0.1, 0.15) is 40.5 Å². The van der Waals surface area contributed by atoms with Gasteiger partial charge >= 0.3 is 12.1 Å². The third-order valence-corrected chi connectivity index (χ3v) is 5.05. The SMILES string of the molecule is CCc1oc(-c2cc(OC(C)C(F)(F)F)c(C(=O)Nc3c(F)cccc3Cl)cc2F)nc1C(=O)O. The molecular formula is C22H16ClF5N2O5. The molecule has 186 valence electrons. The normalized spacial score (nSPS) is 12.3. The van der Waals surface area contributed by atoms with Gasteiger partial charge in [0.05, 0.1) is 21.8 Å². The van der Waals surface area contributed by atoms with E-state index < -0.39 is 69.9 Å². The molecule has 1 unspecified atom stereocenters. The van der Waals surface area contributed by atoms with E-state index in [0.29, 0.717) is 19.1 Å². The summed E-state index contributed by atoms with van der Waals surface area (Å²) in [5, 5.41) is 11.1.